The first-order valence-corrected chi connectivity index (χ1v) is 10.9. The zero-order chi connectivity index (χ0) is 23.7. The van der Waals surface area contributed by atoms with Gasteiger partial charge in [-0.1, -0.05) is 56.3 Å². The van der Waals surface area contributed by atoms with Crippen LogP contribution in [-0.2, 0) is 27.4 Å². The van der Waals surface area contributed by atoms with E-state index in [1.807, 2.05) is 30.3 Å². The molecule has 33 heavy (non-hydrogen) atoms. The Labute approximate surface area is 191 Å². The van der Waals surface area contributed by atoms with E-state index in [0.717, 1.165) is 16.2 Å². The molecule has 3 amide bonds. The monoisotopic (exact) mass is 453 g/mol. The molecular weight excluding hydrogens is 426 g/mol. The van der Waals surface area contributed by atoms with Crippen LogP contribution < -0.4 is 0 Å². The van der Waals surface area contributed by atoms with E-state index in [0.29, 0.717) is 0 Å². The van der Waals surface area contributed by atoms with Gasteiger partial charge in [-0.2, -0.15) is 5.06 Å². The van der Waals surface area contributed by atoms with Crippen molar-refractivity contribution in [3.8, 4) is 5.75 Å². The number of piperazine rings is 1. The van der Waals surface area contributed by atoms with Gasteiger partial charge in [-0.25, -0.2) is 4.79 Å². The van der Waals surface area contributed by atoms with Gasteiger partial charge in [0.15, 0.2) is 12.3 Å². The summed E-state index contributed by atoms with van der Waals surface area (Å²) in [5.41, 5.74) is 1.64. The van der Waals surface area contributed by atoms with Crippen LogP contribution in [0.5, 0.6) is 5.75 Å². The lowest BCUT2D eigenvalue weighted by Gasteiger charge is -2.52. The van der Waals surface area contributed by atoms with E-state index in [4.69, 9.17) is 4.84 Å². The standard InChI is InChI=1S/C24H27N3O6/c1-15(2)21-23(30)26-19(12-16-8-10-18(28)11-9-16)22(29)25(13-17-6-4-3-5-7-17)14-20(26)27(33-21)24(31)32/h3-11,15,19-21,28H,12-14H2,1-2H3,(H,31,32). The number of benzene rings is 2. The second kappa shape index (κ2) is 9.11. The fourth-order valence-corrected chi connectivity index (χ4v) is 4.35. The lowest BCUT2D eigenvalue weighted by molar-refractivity contribution is -0.271. The summed E-state index contributed by atoms with van der Waals surface area (Å²) in [6.45, 7) is 3.82. The normalized spacial score (nSPS) is 23.1. The largest absolute Gasteiger partial charge is 0.508 e. The van der Waals surface area contributed by atoms with Crippen molar-refractivity contribution in [1.29, 1.82) is 0 Å². The maximum Gasteiger partial charge on any atom is 0.433 e. The summed E-state index contributed by atoms with van der Waals surface area (Å²) in [6, 6.07) is 14.9. The molecule has 9 nitrogen and oxygen atoms in total. The summed E-state index contributed by atoms with van der Waals surface area (Å²) in [7, 11) is 0. The van der Waals surface area contributed by atoms with Crippen molar-refractivity contribution in [1.82, 2.24) is 14.9 Å². The van der Waals surface area contributed by atoms with Gasteiger partial charge >= 0.3 is 6.09 Å². The molecule has 0 aromatic heterocycles. The molecule has 2 aliphatic rings. The molecule has 2 fully saturated rings. The van der Waals surface area contributed by atoms with E-state index in [9.17, 15) is 24.6 Å². The Kier molecular flexibility index (Phi) is 6.24. The maximum absolute atomic E-state index is 13.6. The Hall–Kier alpha value is -3.59. The second-order valence-electron chi connectivity index (χ2n) is 8.70. The molecule has 0 aliphatic carbocycles. The fourth-order valence-electron chi connectivity index (χ4n) is 4.35. The number of hydrogen-bond donors (Lipinski definition) is 2. The third-order valence-corrected chi connectivity index (χ3v) is 6.01. The molecule has 4 rings (SSSR count). The number of carboxylic acid groups (broad SMARTS) is 1. The zero-order valence-electron chi connectivity index (χ0n) is 18.5. The number of fused-ring (bicyclic) bond motifs is 1. The van der Waals surface area contributed by atoms with Crippen LogP contribution in [0.3, 0.4) is 0 Å². The van der Waals surface area contributed by atoms with Crippen LogP contribution >= 0.6 is 0 Å². The van der Waals surface area contributed by atoms with Crippen LogP contribution in [0.4, 0.5) is 4.79 Å². The topological polar surface area (TPSA) is 111 Å². The van der Waals surface area contributed by atoms with Crippen LogP contribution in [0, 0.1) is 5.92 Å². The van der Waals surface area contributed by atoms with Gasteiger partial charge in [-0.15, -0.1) is 0 Å². The molecule has 174 valence electrons. The van der Waals surface area contributed by atoms with Gasteiger partial charge < -0.3 is 20.0 Å². The van der Waals surface area contributed by atoms with Crippen LogP contribution in [0.1, 0.15) is 25.0 Å². The minimum atomic E-state index is -1.32. The number of phenols is 1. The van der Waals surface area contributed by atoms with Crippen LogP contribution in [-0.4, -0.2) is 67.8 Å². The number of hydrogen-bond acceptors (Lipinski definition) is 5. The first kappa shape index (κ1) is 22.6. The highest BCUT2D eigenvalue weighted by Gasteiger charge is 2.53. The minimum Gasteiger partial charge on any atom is -0.508 e. The molecule has 2 aromatic carbocycles. The highest BCUT2D eigenvalue weighted by molar-refractivity contribution is 5.92. The van der Waals surface area contributed by atoms with Gasteiger partial charge in [0.05, 0.1) is 6.54 Å². The molecule has 2 heterocycles. The Morgan fingerprint density at radius 2 is 1.70 bits per heavy atom. The zero-order valence-corrected chi connectivity index (χ0v) is 18.5. The summed E-state index contributed by atoms with van der Waals surface area (Å²) in [6.07, 6.45) is -3.10. The van der Waals surface area contributed by atoms with E-state index >= 15 is 0 Å². The molecule has 3 unspecified atom stereocenters. The van der Waals surface area contributed by atoms with Crippen molar-refractivity contribution in [3.63, 3.8) is 0 Å². The molecular formula is C24H27N3O6. The number of amides is 3. The first-order chi connectivity index (χ1) is 15.8. The molecule has 0 spiro atoms. The lowest BCUT2D eigenvalue weighted by Crippen LogP contribution is -2.74. The van der Waals surface area contributed by atoms with Crippen molar-refractivity contribution in [2.75, 3.05) is 6.54 Å². The van der Waals surface area contributed by atoms with Crippen molar-refractivity contribution in [2.24, 2.45) is 5.92 Å². The Morgan fingerprint density at radius 1 is 1.03 bits per heavy atom. The molecule has 2 N–H and O–H groups in total. The quantitative estimate of drug-likeness (QED) is 0.720. The number of hydroxylamine groups is 2. The van der Waals surface area contributed by atoms with Gasteiger partial charge in [0.1, 0.15) is 11.8 Å². The summed E-state index contributed by atoms with van der Waals surface area (Å²) >= 11 is 0. The number of carbonyl (C=O) groups is 3. The van der Waals surface area contributed by atoms with Gasteiger partial charge in [-0.3, -0.25) is 14.4 Å². The summed E-state index contributed by atoms with van der Waals surface area (Å²) in [4.78, 5) is 47.7. The molecule has 0 saturated carbocycles. The predicted octanol–water partition coefficient (Wildman–Crippen LogP) is 2.45. The molecule has 2 aromatic rings. The Morgan fingerprint density at radius 3 is 2.30 bits per heavy atom. The van der Waals surface area contributed by atoms with E-state index in [2.05, 4.69) is 0 Å². The average molecular weight is 453 g/mol. The van der Waals surface area contributed by atoms with Gasteiger partial charge in [0.2, 0.25) is 5.91 Å². The van der Waals surface area contributed by atoms with Crippen molar-refractivity contribution in [2.45, 2.75) is 45.1 Å². The Balaban J connectivity index is 1.72. The Bertz CT molecular complexity index is 1030. The highest BCUT2D eigenvalue weighted by atomic mass is 16.7. The number of nitrogens with zero attached hydrogens (tertiary/aromatic N) is 3. The third-order valence-electron chi connectivity index (χ3n) is 6.01. The molecule has 9 heteroatoms. The van der Waals surface area contributed by atoms with Crippen LogP contribution in [0.15, 0.2) is 54.6 Å². The van der Waals surface area contributed by atoms with Gasteiger partial charge in [0.25, 0.3) is 5.91 Å². The van der Waals surface area contributed by atoms with Gasteiger partial charge in [-0.05, 0) is 29.2 Å². The fraction of sp³-hybridized carbons (Fsp3) is 0.375. The number of phenolic OH excluding ortho intramolecular Hbond substituents is 1. The predicted molar refractivity (Wildman–Crippen MR) is 118 cm³/mol. The van der Waals surface area contributed by atoms with Crippen molar-refractivity contribution < 1.29 is 29.4 Å². The summed E-state index contributed by atoms with van der Waals surface area (Å²) in [5.74, 6) is -0.848. The van der Waals surface area contributed by atoms with E-state index in [-0.39, 0.29) is 37.1 Å². The van der Waals surface area contributed by atoms with Gasteiger partial charge in [0, 0.05) is 13.0 Å². The van der Waals surface area contributed by atoms with E-state index in [1.165, 1.54) is 17.0 Å². The minimum absolute atomic E-state index is 0.00264. The molecule has 2 saturated heterocycles. The SMILES string of the molecule is CC(C)C1ON(C(=O)O)C2CN(Cc3ccccc3)C(=O)C(Cc3ccc(O)cc3)N2C1=O. The summed E-state index contributed by atoms with van der Waals surface area (Å²) in [5, 5.41) is 20.3. The maximum atomic E-state index is 13.6. The van der Waals surface area contributed by atoms with E-state index < -0.39 is 30.3 Å². The molecule has 3 atom stereocenters. The van der Waals surface area contributed by atoms with Crippen LogP contribution in [0.2, 0.25) is 0 Å². The van der Waals surface area contributed by atoms with Crippen molar-refractivity contribution in [3.05, 3.63) is 65.7 Å². The number of rotatable bonds is 5. The average Bonchev–Trinajstić information content (AvgIpc) is 2.78. The second-order valence-corrected chi connectivity index (χ2v) is 8.70. The molecule has 0 radical (unpaired) electrons. The highest BCUT2D eigenvalue weighted by Crippen LogP contribution is 2.32. The summed E-state index contributed by atoms with van der Waals surface area (Å²) < 4.78 is 0. The third kappa shape index (κ3) is 4.49. The smallest absolute Gasteiger partial charge is 0.433 e. The first-order valence-electron chi connectivity index (χ1n) is 10.9. The van der Waals surface area contributed by atoms with Crippen molar-refractivity contribution >= 4 is 17.9 Å². The number of carbonyl (C=O) groups excluding carboxylic acids is 2. The molecule has 2 aliphatic heterocycles. The lowest BCUT2D eigenvalue weighted by atomic mass is 9.96. The van der Waals surface area contributed by atoms with E-state index in [1.54, 1.807) is 30.9 Å². The van der Waals surface area contributed by atoms with Crippen LogP contribution in [0.25, 0.3) is 0 Å². The molecule has 0 bridgehead atoms. The number of aromatic hydroxyl groups is 1.